The van der Waals surface area contributed by atoms with Gasteiger partial charge >= 0.3 is 5.97 Å². The minimum absolute atomic E-state index is 0.0838. The van der Waals surface area contributed by atoms with E-state index in [1.165, 1.54) is 12.1 Å². The normalized spacial score (nSPS) is 21.0. The van der Waals surface area contributed by atoms with E-state index < -0.39 is 16.3 Å². The van der Waals surface area contributed by atoms with Crippen LogP contribution in [-0.2, 0) is 11.3 Å². The number of carbonyl (C=O) groups is 1. The minimum Gasteiger partial charge on any atom is -0.481 e. The molecule has 0 spiro atoms. The molecule has 1 aromatic carbocycles. The van der Waals surface area contributed by atoms with Gasteiger partial charge in [0, 0.05) is 35.0 Å². The lowest BCUT2D eigenvalue weighted by Gasteiger charge is -2.19. The summed E-state index contributed by atoms with van der Waals surface area (Å²) in [6, 6.07) is 10.6. The van der Waals surface area contributed by atoms with Gasteiger partial charge in [-0.05, 0) is 49.7 Å². The molecule has 2 aromatic rings. The van der Waals surface area contributed by atoms with Crippen LogP contribution in [-0.4, -0.2) is 34.0 Å². The fourth-order valence-corrected chi connectivity index (χ4v) is 4.01. The van der Waals surface area contributed by atoms with Gasteiger partial charge in [-0.2, -0.15) is 0 Å². The topological polar surface area (TPSA) is 83.7 Å². The predicted octanol–water partition coefficient (Wildman–Crippen LogP) is 3.62. The molecular weight excluding hydrogens is 328 g/mol. The van der Waals surface area contributed by atoms with Crippen LogP contribution in [0.15, 0.2) is 36.4 Å². The van der Waals surface area contributed by atoms with Gasteiger partial charge in [0.15, 0.2) is 0 Å². The Kier molecular flexibility index (Phi) is 4.38. The first-order valence-electron chi connectivity index (χ1n) is 7.67. The zero-order chi connectivity index (χ0) is 17.3. The van der Waals surface area contributed by atoms with E-state index in [0.29, 0.717) is 13.0 Å². The smallest absolute Gasteiger partial charge is 0.310 e. The Morgan fingerprint density at radius 1 is 1.33 bits per heavy atom. The maximum Gasteiger partial charge on any atom is 0.310 e. The van der Waals surface area contributed by atoms with Gasteiger partial charge in [0.2, 0.25) is 0 Å². The molecule has 24 heavy (non-hydrogen) atoms. The summed E-state index contributed by atoms with van der Waals surface area (Å²) >= 11 is 1.64. The number of aliphatic carboxylic acids is 1. The number of carboxylic acid groups (broad SMARTS) is 1. The fourth-order valence-electron chi connectivity index (χ4n) is 2.95. The molecule has 2 heterocycles. The molecule has 0 bridgehead atoms. The molecule has 0 aliphatic carbocycles. The number of likely N-dealkylation sites (tertiary alicyclic amines) is 1. The third-order valence-corrected chi connectivity index (χ3v) is 5.59. The standard InChI is InChI=1S/C17H18N2O4S/c1-17(16(20)21)8-9-18(11-17)10-14-6-7-15(24-14)12-2-4-13(5-3-12)19(22)23/h2-7H,8-11H2,1H3,(H,20,21). The van der Waals surface area contributed by atoms with Crippen molar-refractivity contribution in [2.24, 2.45) is 5.41 Å². The number of hydrogen-bond acceptors (Lipinski definition) is 5. The second-order valence-corrected chi connectivity index (χ2v) is 7.56. The second kappa shape index (κ2) is 6.33. The average molecular weight is 346 g/mol. The van der Waals surface area contributed by atoms with Gasteiger partial charge in [-0.3, -0.25) is 19.8 Å². The first-order chi connectivity index (χ1) is 11.4. The van der Waals surface area contributed by atoms with Crippen LogP contribution in [0.1, 0.15) is 18.2 Å². The van der Waals surface area contributed by atoms with Crippen LogP contribution < -0.4 is 0 Å². The van der Waals surface area contributed by atoms with Gasteiger partial charge in [0.1, 0.15) is 0 Å². The molecule has 3 rings (SSSR count). The summed E-state index contributed by atoms with van der Waals surface area (Å²) in [6.07, 6.45) is 0.670. The van der Waals surface area contributed by atoms with Crippen molar-refractivity contribution in [1.29, 1.82) is 0 Å². The van der Waals surface area contributed by atoms with Gasteiger partial charge in [-0.15, -0.1) is 11.3 Å². The fraction of sp³-hybridized carbons (Fsp3) is 0.353. The zero-order valence-corrected chi connectivity index (χ0v) is 14.1. The molecule has 1 N–H and O–H groups in total. The third-order valence-electron chi connectivity index (χ3n) is 4.47. The van der Waals surface area contributed by atoms with E-state index in [1.54, 1.807) is 30.4 Å². The highest BCUT2D eigenvalue weighted by atomic mass is 32.1. The second-order valence-electron chi connectivity index (χ2n) is 6.40. The van der Waals surface area contributed by atoms with E-state index >= 15 is 0 Å². The van der Waals surface area contributed by atoms with Gasteiger partial charge in [-0.1, -0.05) is 0 Å². The van der Waals surface area contributed by atoms with E-state index in [-0.39, 0.29) is 5.69 Å². The highest BCUT2D eigenvalue weighted by Crippen LogP contribution is 2.34. The summed E-state index contributed by atoms with van der Waals surface area (Å²) in [4.78, 5) is 26.0. The Morgan fingerprint density at radius 3 is 2.62 bits per heavy atom. The number of hydrogen-bond donors (Lipinski definition) is 1. The van der Waals surface area contributed by atoms with E-state index in [2.05, 4.69) is 4.90 Å². The number of benzene rings is 1. The Labute approximate surface area is 143 Å². The predicted molar refractivity (Wildman–Crippen MR) is 92.0 cm³/mol. The van der Waals surface area contributed by atoms with Gasteiger partial charge in [0.25, 0.3) is 5.69 Å². The number of rotatable bonds is 5. The van der Waals surface area contributed by atoms with E-state index in [9.17, 15) is 20.0 Å². The van der Waals surface area contributed by atoms with Crippen LogP contribution in [0, 0.1) is 15.5 Å². The Hall–Kier alpha value is -2.25. The molecule has 0 saturated carbocycles. The maximum atomic E-state index is 11.3. The summed E-state index contributed by atoms with van der Waals surface area (Å²) in [7, 11) is 0. The average Bonchev–Trinajstić information content (AvgIpc) is 3.16. The molecule has 1 fully saturated rings. The molecule has 0 amide bonds. The van der Waals surface area contributed by atoms with E-state index in [4.69, 9.17) is 0 Å². The van der Waals surface area contributed by atoms with Crippen LogP contribution >= 0.6 is 11.3 Å². The Morgan fingerprint density at radius 2 is 2.04 bits per heavy atom. The molecule has 6 nitrogen and oxygen atoms in total. The number of carboxylic acids is 1. The lowest BCUT2D eigenvalue weighted by molar-refractivity contribution is -0.384. The summed E-state index contributed by atoms with van der Waals surface area (Å²) < 4.78 is 0. The lowest BCUT2D eigenvalue weighted by Crippen LogP contribution is -2.31. The van der Waals surface area contributed by atoms with Crippen molar-refractivity contribution in [3.8, 4) is 10.4 Å². The summed E-state index contributed by atoms with van der Waals surface area (Å²) in [5.41, 5.74) is 0.382. The molecule has 0 radical (unpaired) electrons. The summed E-state index contributed by atoms with van der Waals surface area (Å²) in [5.74, 6) is -0.734. The van der Waals surface area contributed by atoms with Crippen molar-refractivity contribution in [3.63, 3.8) is 0 Å². The Balaban J connectivity index is 1.68. The summed E-state index contributed by atoms with van der Waals surface area (Å²) in [5, 5.41) is 20.0. The monoisotopic (exact) mass is 346 g/mol. The highest BCUT2D eigenvalue weighted by Gasteiger charge is 2.40. The SMILES string of the molecule is CC1(C(=O)O)CCN(Cc2ccc(-c3ccc([N+](=O)[O-])cc3)s2)C1. The van der Waals surface area contributed by atoms with Crippen molar-refractivity contribution >= 4 is 23.0 Å². The molecule has 126 valence electrons. The number of nitro groups is 1. The van der Waals surface area contributed by atoms with Crippen molar-refractivity contribution in [2.45, 2.75) is 19.9 Å². The van der Waals surface area contributed by atoms with E-state index in [1.807, 2.05) is 12.1 Å². The highest BCUT2D eigenvalue weighted by molar-refractivity contribution is 7.15. The molecule has 1 aliphatic rings. The molecule has 1 aliphatic heterocycles. The number of non-ortho nitro benzene ring substituents is 1. The molecule has 1 atom stereocenters. The molecule has 1 saturated heterocycles. The van der Waals surface area contributed by atoms with Crippen LogP contribution in [0.3, 0.4) is 0 Å². The van der Waals surface area contributed by atoms with Gasteiger partial charge in [-0.25, -0.2) is 0 Å². The summed E-state index contributed by atoms with van der Waals surface area (Å²) in [6.45, 7) is 3.88. The maximum absolute atomic E-state index is 11.3. The van der Waals surface area contributed by atoms with Crippen LogP contribution in [0.2, 0.25) is 0 Å². The van der Waals surface area contributed by atoms with Crippen LogP contribution in [0.25, 0.3) is 10.4 Å². The van der Waals surface area contributed by atoms with Crippen molar-refractivity contribution in [1.82, 2.24) is 4.90 Å². The first kappa shape index (κ1) is 16.6. The number of nitrogens with zero attached hydrogens (tertiary/aromatic N) is 2. The molecular formula is C17H18N2O4S. The lowest BCUT2D eigenvalue weighted by atomic mass is 9.90. The minimum atomic E-state index is -0.734. The van der Waals surface area contributed by atoms with Gasteiger partial charge in [0.05, 0.1) is 10.3 Å². The zero-order valence-electron chi connectivity index (χ0n) is 13.3. The van der Waals surface area contributed by atoms with Crippen molar-refractivity contribution < 1.29 is 14.8 Å². The molecule has 1 aromatic heterocycles. The molecule has 7 heteroatoms. The number of thiophene rings is 1. The first-order valence-corrected chi connectivity index (χ1v) is 8.48. The van der Waals surface area contributed by atoms with Crippen molar-refractivity contribution in [3.05, 3.63) is 51.4 Å². The molecule has 1 unspecified atom stereocenters. The van der Waals surface area contributed by atoms with Crippen molar-refractivity contribution in [2.75, 3.05) is 13.1 Å². The van der Waals surface area contributed by atoms with Gasteiger partial charge < -0.3 is 5.11 Å². The number of nitro benzene ring substituents is 1. The third kappa shape index (κ3) is 3.32. The van der Waals surface area contributed by atoms with Crippen LogP contribution in [0.4, 0.5) is 5.69 Å². The quantitative estimate of drug-likeness (QED) is 0.660. The van der Waals surface area contributed by atoms with E-state index in [0.717, 1.165) is 28.4 Å². The van der Waals surface area contributed by atoms with Crippen LogP contribution in [0.5, 0.6) is 0 Å². The largest absolute Gasteiger partial charge is 0.481 e. The Bertz CT molecular complexity index is 771.